The minimum Gasteiger partial charge on any atom is -0.497 e. The number of hydrogen-bond donors (Lipinski definition) is 0. The van der Waals surface area contributed by atoms with Gasteiger partial charge in [0.15, 0.2) is 10.6 Å². The summed E-state index contributed by atoms with van der Waals surface area (Å²) in [6.07, 6.45) is 3.45. The van der Waals surface area contributed by atoms with E-state index in [4.69, 9.17) is 9.47 Å². The Hall–Kier alpha value is -2.45. The predicted molar refractivity (Wildman–Crippen MR) is 101 cm³/mol. The molecule has 3 heterocycles. The zero-order valence-corrected chi connectivity index (χ0v) is 15.7. The van der Waals surface area contributed by atoms with E-state index in [1.807, 2.05) is 18.2 Å². The summed E-state index contributed by atoms with van der Waals surface area (Å²) >= 11 is 4.69. The number of ether oxygens (including phenoxy) is 2. The van der Waals surface area contributed by atoms with Crippen molar-refractivity contribution < 1.29 is 9.47 Å². The van der Waals surface area contributed by atoms with Gasteiger partial charge in [-0.05, 0) is 40.2 Å². The second-order valence-corrected chi connectivity index (χ2v) is 7.17. The molecule has 0 aliphatic carbocycles. The van der Waals surface area contributed by atoms with Gasteiger partial charge < -0.3 is 9.47 Å². The highest BCUT2D eigenvalue weighted by molar-refractivity contribution is 9.10. The number of hydrogen-bond acceptors (Lipinski definition) is 6. The zero-order chi connectivity index (χ0) is 17.6. The van der Waals surface area contributed by atoms with E-state index in [2.05, 4.69) is 25.9 Å². The first-order valence-corrected chi connectivity index (χ1v) is 8.92. The van der Waals surface area contributed by atoms with Crippen molar-refractivity contribution in [3.63, 3.8) is 0 Å². The molecule has 4 aromatic rings. The number of methoxy groups -OCH3 is 2. The summed E-state index contributed by atoms with van der Waals surface area (Å²) in [5, 5.41) is 0. The molecule has 0 amide bonds. The lowest BCUT2D eigenvalue weighted by Gasteiger charge is -2.06. The van der Waals surface area contributed by atoms with Crippen LogP contribution in [-0.4, -0.2) is 28.6 Å². The molecule has 126 valence electrons. The van der Waals surface area contributed by atoms with Gasteiger partial charge in [0.05, 0.1) is 18.8 Å². The maximum atomic E-state index is 12.8. The first-order chi connectivity index (χ1) is 12.1. The molecule has 0 saturated carbocycles. The maximum absolute atomic E-state index is 12.8. The summed E-state index contributed by atoms with van der Waals surface area (Å²) in [5.74, 6) is 1.33. The highest BCUT2D eigenvalue weighted by Crippen LogP contribution is 2.25. The number of imidazole rings is 1. The Kier molecular flexibility index (Phi) is 3.93. The van der Waals surface area contributed by atoms with Crippen LogP contribution < -0.4 is 19.6 Å². The summed E-state index contributed by atoms with van der Waals surface area (Å²) in [4.78, 5) is 22.2. The van der Waals surface area contributed by atoms with Crippen LogP contribution in [0, 0.1) is 0 Å². The van der Waals surface area contributed by atoms with Crippen LogP contribution in [0.4, 0.5) is 0 Å². The molecule has 0 atom stereocenters. The van der Waals surface area contributed by atoms with E-state index in [-0.39, 0.29) is 5.56 Å². The van der Waals surface area contributed by atoms with E-state index in [0.717, 1.165) is 10.0 Å². The van der Waals surface area contributed by atoms with Gasteiger partial charge in [-0.25, -0.2) is 14.4 Å². The van der Waals surface area contributed by atoms with Gasteiger partial charge in [0.25, 0.3) is 5.56 Å². The van der Waals surface area contributed by atoms with Crippen LogP contribution >= 0.6 is 27.3 Å². The van der Waals surface area contributed by atoms with E-state index in [0.29, 0.717) is 32.2 Å². The third-order valence-corrected chi connectivity index (χ3v) is 5.18. The number of nitrogens with zero attached hydrogens (tertiary/aromatic N) is 3. The Labute approximate surface area is 154 Å². The molecular formula is C17H12BrN3O3S. The van der Waals surface area contributed by atoms with Gasteiger partial charge in [0.2, 0.25) is 0 Å². The van der Waals surface area contributed by atoms with Crippen molar-refractivity contribution in [3.8, 4) is 11.5 Å². The molecule has 0 fully saturated rings. The van der Waals surface area contributed by atoms with Crippen molar-refractivity contribution in [2.45, 2.75) is 0 Å². The van der Waals surface area contributed by atoms with Crippen molar-refractivity contribution in [1.29, 1.82) is 0 Å². The summed E-state index contributed by atoms with van der Waals surface area (Å²) < 4.78 is 13.5. The number of fused-ring (bicyclic) bond motifs is 3. The van der Waals surface area contributed by atoms with Crippen LogP contribution in [-0.2, 0) is 0 Å². The van der Waals surface area contributed by atoms with Crippen molar-refractivity contribution in [1.82, 2.24) is 14.4 Å². The van der Waals surface area contributed by atoms with Crippen LogP contribution in [0.5, 0.6) is 11.5 Å². The zero-order valence-electron chi connectivity index (χ0n) is 13.3. The Bertz CT molecular complexity index is 1220. The van der Waals surface area contributed by atoms with Crippen molar-refractivity contribution in [2.24, 2.45) is 0 Å². The molecule has 25 heavy (non-hydrogen) atoms. The second-order valence-electron chi connectivity index (χ2n) is 5.25. The third-order valence-electron chi connectivity index (χ3n) is 3.78. The fraction of sp³-hybridized carbons (Fsp3) is 0.118. The number of benzene rings is 1. The molecule has 0 bridgehead atoms. The Morgan fingerprint density at radius 3 is 2.84 bits per heavy atom. The van der Waals surface area contributed by atoms with Crippen LogP contribution in [0.15, 0.2) is 39.7 Å². The topological polar surface area (TPSA) is 65.7 Å². The fourth-order valence-electron chi connectivity index (χ4n) is 2.59. The van der Waals surface area contributed by atoms with Gasteiger partial charge in [0.1, 0.15) is 17.0 Å². The predicted octanol–water partition coefficient (Wildman–Crippen LogP) is 2.63. The summed E-state index contributed by atoms with van der Waals surface area (Å²) in [6.45, 7) is 0. The molecule has 4 rings (SSSR count). The third kappa shape index (κ3) is 2.67. The van der Waals surface area contributed by atoms with Crippen LogP contribution in [0.2, 0.25) is 0 Å². The fourth-order valence-corrected chi connectivity index (χ4v) is 3.88. The average Bonchev–Trinajstić information content (AvgIpc) is 3.11. The number of rotatable bonds is 3. The molecule has 0 aliphatic heterocycles. The highest BCUT2D eigenvalue weighted by atomic mass is 79.9. The van der Waals surface area contributed by atoms with Crippen molar-refractivity contribution in [3.05, 3.63) is 55.4 Å². The first-order valence-electron chi connectivity index (χ1n) is 7.31. The molecular weight excluding hydrogens is 406 g/mol. The molecule has 0 N–H and O–H groups in total. The summed E-state index contributed by atoms with van der Waals surface area (Å²) in [5.41, 5.74) is 1.90. The van der Waals surface area contributed by atoms with Crippen LogP contribution in [0.1, 0.15) is 5.56 Å². The highest BCUT2D eigenvalue weighted by Gasteiger charge is 2.13. The number of halogens is 1. The number of pyridine rings is 1. The molecule has 0 radical (unpaired) electrons. The number of aromatic nitrogens is 3. The van der Waals surface area contributed by atoms with Gasteiger partial charge in [-0.1, -0.05) is 11.3 Å². The summed E-state index contributed by atoms with van der Waals surface area (Å²) in [6, 6.07) is 7.31. The average molecular weight is 418 g/mol. The molecule has 0 saturated heterocycles. The lowest BCUT2D eigenvalue weighted by Crippen LogP contribution is -2.23. The Morgan fingerprint density at radius 1 is 1.24 bits per heavy atom. The molecule has 6 nitrogen and oxygen atoms in total. The first kappa shape index (κ1) is 16.0. The van der Waals surface area contributed by atoms with Crippen molar-refractivity contribution in [2.75, 3.05) is 14.2 Å². The molecule has 0 spiro atoms. The molecule has 0 aliphatic rings. The van der Waals surface area contributed by atoms with Crippen LogP contribution in [0.3, 0.4) is 0 Å². The Balaban J connectivity index is 1.94. The van der Waals surface area contributed by atoms with Gasteiger partial charge in [-0.15, -0.1) is 0 Å². The maximum Gasteiger partial charge on any atom is 0.276 e. The van der Waals surface area contributed by atoms with Crippen molar-refractivity contribution >= 4 is 49.5 Å². The molecule has 1 aromatic carbocycles. The number of thiazole rings is 1. The lowest BCUT2D eigenvalue weighted by molar-refractivity contribution is 0.393. The quantitative estimate of drug-likeness (QED) is 0.512. The van der Waals surface area contributed by atoms with Gasteiger partial charge in [-0.2, -0.15) is 0 Å². The summed E-state index contributed by atoms with van der Waals surface area (Å²) in [7, 11) is 3.18. The van der Waals surface area contributed by atoms with E-state index in [1.54, 1.807) is 32.6 Å². The molecule has 0 unspecified atom stereocenters. The minimum atomic E-state index is -0.143. The second kappa shape index (κ2) is 6.12. The van der Waals surface area contributed by atoms with E-state index in [1.165, 1.54) is 15.7 Å². The normalized spacial score (nSPS) is 12.2. The van der Waals surface area contributed by atoms with Gasteiger partial charge in [-0.3, -0.25) is 4.79 Å². The van der Waals surface area contributed by atoms with E-state index in [9.17, 15) is 4.79 Å². The minimum absolute atomic E-state index is 0.143. The smallest absolute Gasteiger partial charge is 0.276 e. The lowest BCUT2D eigenvalue weighted by atomic mass is 10.2. The monoisotopic (exact) mass is 417 g/mol. The van der Waals surface area contributed by atoms with E-state index >= 15 is 0 Å². The standard InChI is InChI=1S/C17H12BrN3O3S/c1-23-11-4-3-9(13(7-11)24-2)5-14-16(22)21-15-12(20-17(21)25-14)6-10(18)8-19-15/h3-8H,1-2H3/b14-5+. The van der Waals surface area contributed by atoms with Gasteiger partial charge in [0, 0.05) is 22.3 Å². The molecule has 8 heteroatoms. The SMILES string of the molecule is COc1ccc(/C=c2/sc3nc4cc(Br)cnc4n3c2=O)c(OC)c1. The largest absolute Gasteiger partial charge is 0.497 e. The molecule has 3 aromatic heterocycles. The van der Waals surface area contributed by atoms with E-state index < -0.39 is 0 Å². The van der Waals surface area contributed by atoms with Crippen LogP contribution in [0.25, 0.3) is 22.2 Å². The Morgan fingerprint density at radius 2 is 2.08 bits per heavy atom. The van der Waals surface area contributed by atoms with Gasteiger partial charge >= 0.3 is 0 Å².